The molecule has 0 saturated carbocycles. The minimum atomic E-state index is 0.595. The molecule has 0 radical (unpaired) electrons. The molecule has 0 saturated heterocycles. The number of rotatable bonds is 0. The van der Waals surface area contributed by atoms with E-state index in [-0.39, 0.29) is 0 Å². The van der Waals surface area contributed by atoms with Crippen LogP contribution in [0.1, 0.15) is 36.3 Å². The van der Waals surface area contributed by atoms with E-state index in [1.54, 1.807) is 0 Å². The van der Waals surface area contributed by atoms with Crippen LogP contribution in [0.2, 0.25) is 5.02 Å². The number of halogens is 1. The van der Waals surface area contributed by atoms with E-state index in [0.29, 0.717) is 5.92 Å². The highest BCUT2D eigenvalue weighted by Crippen LogP contribution is 2.42. The van der Waals surface area contributed by atoms with E-state index < -0.39 is 0 Å². The second-order valence-corrected chi connectivity index (χ2v) is 5.89. The van der Waals surface area contributed by atoms with E-state index in [1.165, 1.54) is 46.7 Å². The average Bonchev–Trinajstić information content (AvgIpc) is 2.46. The van der Waals surface area contributed by atoms with Gasteiger partial charge >= 0.3 is 0 Å². The van der Waals surface area contributed by atoms with Gasteiger partial charge in [-0.25, -0.2) is 0 Å². The largest absolute Gasteiger partial charge is 0.0843 e. The molecule has 4 rings (SSSR count). The average molecular weight is 267 g/mol. The first-order chi connectivity index (χ1) is 9.33. The van der Waals surface area contributed by atoms with Gasteiger partial charge in [-0.05, 0) is 58.9 Å². The molecule has 19 heavy (non-hydrogen) atoms. The van der Waals surface area contributed by atoms with Crippen molar-refractivity contribution in [1.82, 2.24) is 0 Å². The molecule has 1 unspecified atom stereocenters. The number of fused-ring (bicyclic) bond motifs is 5. The van der Waals surface area contributed by atoms with Crippen molar-refractivity contribution < 1.29 is 0 Å². The first-order valence-electron chi connectivity index (χ1n) is 6.93. The van der Waals surface area contributed by atoms with E-state index in [0.717, 1.165) is 5.02 Å². The normalized spacial score (nSPS) is 20.9. The molecule has 0 amide bonds. The van der Waals surface area contributed by atoms with Crippen molar-refractivity contribution in [3.8, 4) is 0 Å². The molecule has 1 atom stereocenters. The maximum Gasteiger partial charge on any atom is 0.0412 e. The minimum Gasteiger partial charge on any atom is -0.0843 e. The lowest BCUT2D eigenvalue weighted by atomic mass is 9.76. The molecule has 2 aromatic rings. The van der Waals surface area contributed by atoms with Crippen molar-refractivity contribution in [2.75, 3.05) is 0 Å². The summed E-state index contributed by atoms with van der Waals surface area (Å²) in [5, 5.41) is 3.38. The lowest BCUT2D eigenvalue weighted by molar-refractivity contribution is 0.632. The smallest absolute Gasteiger partial charge is 0.0412 e. The van der Waals surface area contributed by atoms with E-state index in [4.69, 9.17) is 11.6 Å². The summed E-state index contributed by atoms with van der Waals surface area (Å²) < 4.78 is 0. The van der Waals surface area contributed by atoms with Crippen molar-refractivity contribution in [2.24, 2.45) is 0 Å². The van der Waals surface area contributed by atoms with Gasteiger partial charge in [-0.15, -0.1) is 0 Å². The van der Waals surface area contributed by atoms with Gasteiger partial charge in [-0.2, -0.15) is 0 Å². The maximum absolute atomic E-state index is 6.16. The zero-order valence-electron chi connectivity index (χ0n) is 10.7. The molecular formula is C18H15Cl. The Kier molecular flexibility index (Phi) is 2.53. The van der Waals surface area contributed by atoms with Crippen LogP contribution in [0, 0.1) is 0 Å². The van der Waals surface area contributed by atoms with Crippen molar-refractivity contribution in [2.45, 2.75) is 25.2 Å². The molecule has 0 fully saturated rings. The second kappa shape index (κ2) is 4.25. The SMILES string of the molecule is Clc1ccc2ccc3c(c2c1)C=CC1=CCCCC13. The minimum absolute atomic E-state index is 0.595. The van der Waals surface area contributed by atoms with Crippen molar-refractivity contribution in [3.05, 3.63) is 64.2 Å². The van der Waals surface area contributed by atoms with Crippen LogP contribution in [0.4, 0.5) is 0 Å². The van der Waals surface area contributed by atoms with Gasteiger partial charge in [-0.3, -0.25) is 0 Å². The van der Waals surface area contributed by atoms with Crippen LogP contribution >= 0.6 is 11.6 Å². The summed E-state index contributed by atoms with van der Waals surface area (Å²) in [7, 11) is 0. The Hall–Kier alpha value is -1.53. The van der Waals surface area contributed by atoms with Crippen LogP contribution < -0.4 is 0 Å². The monoisotopic (exact) mass is 266 g/mol. The predicted molar refractivity (Wildman–Crippen MR) is 82.7 cm³/mol. The molecule has 0 N–H and O–H groups in total. The Bertz CT molecular complexity index is 722. The fraction of sp³-hybridized carbons (Fsp3) is 0.222. The Labute approximate surface area is 118 Å². The van der Waals surface area contributed by atoms with Crippen LogP contribution in [0.3, 0.4) is 0 Å². The second-order valence-electron chi connectivity index (χ2n) is 5.45. The summed E-state index contributed by atoms with van der Waals surface area (Å²) in [4.78, 5) is 0. The molecule has 0 heterocycles. The third-order valence-corrected chi connectivity index (χ3v) is 4.59. The third-order valence-electron chi connectivity index (χ3n) is 4.36. The molecule has 2 aromatic carbocycles. The fourth-order valence-electron chi connectivity index (χ4n) is 3.42. The zero-order chi connectivity index (χ0) is 12.8. The molecule has 2 aliphatic carbocycles. The Morgan fingerprint density at radius 3 is 2.89 bits per heavy atom. The summed E-state index contributed by atoms with van der Waals surface area (Å²) in [5.41, 5.74) is 4.34. The quantitative estimate of drug-likeness (QED) is 0.573. The van der Waals surface area contributed by atoms with Gasteiger partial charge < -0.3 is 0 Å². The van der Waals surface area contributed by atoms with Gasteiger partial charge in [0.1, 0.15) is 0 Å². The highest BCUT2D eigenvalue weighted by Gasteiger charge is 2.23. The van der Waals surface area contributed by atoms with Gasteiger partial charge in [0.25, 0.3) is 0 Å². The lowest BCUT2D eigenvalue weighted by Crippen LogP contribution is -2.10. The first-order valence-corrected chi connectivity index (χ1v) is 7.31. The fourth-order valence-corrected chi connectivity index (χ4v) is 3.59. The molecule has 0 aromatic heterocycles. The van der Waals surface area contributed by atoms with Crippen LogP contribution in [0.15, 0.2) is 48.1 Å². The van der Waals surface area contributed by atoms with E-state index in [1.807, 2.05) is 6.07 Å². The molecule has 0 bridgehead atoms. The molecule has 0 nitrogen and oxygen atoms in total. The Morgan fingerprint density at radius 1 is 1.05 bits per heavy atom. The highest BCUT2D eigenvalue weighted by atomic mass is 35.5. The number of hydrogen-bond donors (Lipinski definition) is 0. The lowest BCUT2D eigenvalue weighted by Gasteiger charge is -2.28. The van der Waals surface area contributed by atoms with Gasteiger partial charge in [0.2, 0.25) is 0 Å². The molecule has 0 spiro atoms. The Morgan fingerprint density at radius 2 is 1.95 bits per heavy atom. The van der Waals surface area contributed by atoms with Crippen LogP contribution in [-0.4, -0.2) is 0 Å². The van der Waals surface area contributed by atoms with E-state index in [2.05, 4.69) is 42.5 Å². The zero-order valence-corrected chi connectivity index (χ0v) is 11.5. The molecule has 0 aliphatic heterocycles. The van der Waals surface area contributed by atoms with Crippen molar-refractivity contribution in [1.29, 1.82) is 0 Å². The third kappa shape index (κ3) is 1.74. The van der Waals surface area contributed by atoms with Crippen molar-refractivity contribution >= 4 is 28.4 Å². The molecule has 1 heteroatoms. The van der Waals surface area contributed by atoms with E-state index in [9.17, 15) is 0 Å². The summed E-state index contributed by atoms with van der Waals surface area (Å²) >= 11 is 6.16. The standard InChI is InChI=1S/C18H15Cl/c19-14-8-5-13-7-9-16-15-4-2-1-3-12(15)6-10-17(16)18(13)11-14/h3,5-11,15H,1-2,4H2. The van der Waals surface area contributed by atoms with Crippen LogP contribution in [0.25, 0.3) is 16.8 Å². The van der Waals surface area contributed by atoms with Gasteiger partial charge in [0.05, 0.1) is 0 Å². The highest BCUT2D eigenvalue weighted by molar-refractivity contribution is 6.31. The summed E-state index contributed by atoms with van der Waals surface area (Å²) in [6, 6.07) is 10.7. The number of allylic oxidation sites excluding steroid dienone is 3. The molecule has 94 valence electrons. The summed E-state index contributed by atoms with van der Waals surface area (Å²) in [6.07, 6.45) is 10.8. The summed E-state index contributed by atoms with van der Waals surface area (Å²) in [5.74, 6) is 0.595. The number of hydrogen-bond acceptors (Lipinski definition) is 0. The molecule has 2 aliphatic rings. The predicted octanol–water partition coefficient (Wildman–Crippen LogP) is 5.71. The van der Waals surface area contributed by atoms with Gasteiger partial charge in [-0.1, -0.05) is 48.0 Å². The Balaban J connectivity index is 2.01. The van der Waals surface area contributed by atoms with Gasteiger partial charge in [0, 0.05) is 10.9 Å². The van der Waals surface area contributed by atoms with Crippen LogP contribution in [0.5, 0.6) is 0 Å². The maximum atomic E-state index is 6.16. The number of benzene rings is 2. The van der Waals surface area contributed by atoms with E-state index >= 15 is 0 Å². The van der Waals surface area contributed by atoms with Crippen LogP contribution in [-0.2, 0) is 0 Å². The molecular weight excluding hydrogens is 252 g/mol. The van der Waals surface area contributed by atoms with Crippen molar-refractivity contribution in [3.63, 3.8) is 0 Å². The first kappa shape index (κ1) is 11.3. The summed E-state index contributed by atoms with van der Waals surface area (Å²) in [6.45, 7) is 0. The topological polar surface area (TPSA) is 0 Å². The van der Waals surface area contributed by atoms with Gasteiger partial charge in [0.15, 0.2) is 0 Å².